The first-order valence-corrected chi connectivity index (χ1v) is 4.58. The summed E-state index contributed by atoms with van der Waals surface area (Å²) >= 11 is 0. The Hall–Kier alpha value is -0.120. The van der Waals surface area contributed by atoms with E-state index in [1.54, 1.807) is 6.92 Å². The Morgan fingerprint density at radius 2 is 2.08 bits per heavy atom. The maximum Gasteiger partial charge on any atom is 0.0610 e. The molecule has 3 nitrogen and oxygen atoms in total. The molecule has 0 heterocycles. The van der Waals surface area contributed by atoms with Gasteiger partial charge in [-0.05, 0) is 33.2 Å². The molecular weight excluding hydrogens is 154 g/mol. The van der Waals surface area contributed by atoms with Gasteiger partial charge in [0.2, 0.25) is 0 Å². The normalized spacial score (nSPS) is 18.8. The quantitative estimate of drug-likeness (QED) is 0.551. The van der Waals surface area contributed by atoms with Crippen molar-refractivity contribution in [3.63, 3.8) is 0 Å². The van der Waals surface area contributed by atoms with Crippen LogP contribution in [-0.4, -0.2) is 35.0 Å². The number of rotatable bonds is 6. The van der Waals surface area contributed by atoms with E-state index in [0.717, 1.165) is 19.4 Å². The fourth-order valence-corrected chi connectivity index (χ4v) is 0.876. The molecule has 3 N–H and O–H groups in total. The molecule has 0 aliphatic heterocycles. The molecule has 0 radical (unpaired) electrons. The van der Waals surface area contributed by atoms with E-state index in [1.165, 1.54) is 0 Å². The van der Waals surface area contributed by atoms with Crippen LogP contribution in [0.1, 0.15) is 33.6 Å². The molecule has 0 fully saturated rings. The summed E-state index contributed by atoms with van der Waals surface area (Å²) in [6.45, 7) is 6.68. The van der Waals surface area contributed by atoms with E-state index in [1.807, 2.05) is 13.8 Å². The summed E-state index contributed by atoms with van der Waals surface area (Å²) in [4.78, 5) is 0. The standard InChI is InChI=1S/C9H21NO2/c1-4-9(3,7-11)10-6-5-8(2)12/h8,10-12H,4-7H2,1-3H3. The average Bonchev–Trinajstić information content (AvgIpc) is 2.03. The van der Waals surface area contributed by atoms with Crippen molar-refractivity contribution in [3.05, 3.63) is 0 Å². The second-order valence-electron chi connectivity index (χ2n) is 3.64. The highest BCUT2D eigenvalue weighted by atomic mass is 16.3. The Morgan fingerprint density at radius 1 is 1.50 bits per heavy atom. The van der Waals surface area contributed by atoms with E-state index >= 15 is 0 Å². The minimum absolute atomic E-state index is 0.142. The summed E-state index contributed by atoms with van der Waals surface area (Å²) in [5.41, 5.74) is -0.186. The van der Waals surface area contributed by atoms with Crippen molar-refractivity contribution in [2.75, 3.05) is 13.2 Å². The van der Waals surface area contributed by atoms with Crippen molar-refractivity contribution < 1.29 is 10.2 Å². The molecular formula is C9H21NO2. The molecule has 0 spiro atoms. The smallest absolute Gasteiger partial charge is 0.0610 e. The van der Waals surface area contributed by atoms with Crippen LogP contribution < -0.4 is 5.32 Å². The summed E-state index contributed by atoms with van der Waals surface area (Å²) in [5, 5.41) is 21.2. The number of hydrogen-bond acceptors (Lipinski definition) is 3. The number of nitrogens with one attached hydrogen (secondary N) is 1. The van der Waals surface area contributed by atoms with E-state index in [4.69, 9.17) is 10.2 Å². The van der Waals surface area contributed by atoms with E-state index in [-0.39, 0.29) is 18.2 Å². The molecule has 0 aliphatic carbocycles. The van der Waals surface area contributed by atoms with Gasteiger partial charge in [-0.15, -0.1) is 0 Å². The van der Waals surface area contributed by atoms with Crippen LogP contribution in [-0.2, 0) is 0 Å². The van der Waals surface area contributed by atoms with Crippen LogP contribution in [0.2, 0.25) is 0 Å². The third-order valence-electron chi connectivity index (χ3n) is 2.24. The Bertz CT molecular complexity index is 111. The zero-order valence-corrected chi connectivity index (χ0v) is 8.30. The maximum absolute atomic E-state index is 9.03. The summed E-state index contributed by atoms with van der Waals surface area (Å²) in [6.07, 6.45) is 1.36. The van der Waals surface area contributed by atoms with Gasteiger partial charge in [0.15, 0.2) is 0 Å². The lowest BCUT2D eigenvalue weighted by molar-refractivity contribution is 0.150. The van der Waals surface area contributed by atoms with Gasteiger partial charge in [0, 0.05) is 5.54 Å². The summed E-state index contributed by atoms with van der Waals surface area (Å²) in [6, 6.07) is 0. The topological polar surface area (TPSA) is 52.5 Å². The molecule has 2 unspecified atom stereocenters. The Morgan fingerprint density at radius 3 is 2.42 bits per heavy atom. The van der Waals surface area contributed by atoms with Crippen LogP contribution in [0.5, 0.6) is 0 Å². The van der Waals surface area contributed by atoms with Crippen molar-refractivity contribution in [2.24, 2.45) is 0 Å². The molecule has 2 atom stereocenters. The first-order valence-electron chi connectivity index (χ1n) is 4.58. The highest BCUT2D eigenvalue weighted by Crippen LogP contribution is 2.07. The molecule has 0 amide bonds. The van der Waals surface area contributed by atoms with E-state index in [2.05, 4.69) is 5.32 Å². The van der Waals surface area contributed by atoms with E-state index < -0.39 is 0 Å². The number of aliphatic hydroxyl groups is 2. The van der Waals surface area contributed by atoms with Gasteiger partial charge >= 0.3 is 0 Å². The lowest BCUT2D eigenvalue weighted by Crippen LogP contribution is -2.46. The Labute approximate surface area is 74.8 Å². The van der Waals surface area contributed by atoms with E-state index in [9.17, 15) is 0 Å². The molecule has 0 aromatic heterocycles. The SMILES string of the molecule is CCC(C)(CO)NCCC(C)O. The van der Waals surface area contributed by atoms with Crippen LogP contribution >= 0.6 is 0 Å². The first kappa shape index (κ1) is 11.9. The molecule has 0 saturated carbocycles. The third-order valence-corrected chi connectivity index (χ3v) is 2.24. The highest BCUT2D eigenvalue weighted by Gasteiger charge is 2.19. The fraction of sp³-hybridized carbons (Fsp3) is 1.00. The molecule has 12 heavy (non-hydrogen) atoms. The average molecular weight is 175 g/mol. The van der Waals surface area contributed by atoms with Gasteiger partial charge in [-0.1, -0.05) is 6.92 Å². The zero-order valence-electron chi connectivity index (χ0n) is 8.30. The van der Waals surface area contributed by atoms with Gasteiger partial charge in [0.1, 0.15) is 0 Å². The summed E-state index contributed by atoms with van der Waals surface area (Å²) in [5.74, 6) is 0. The van der Waals surface area contributed by atoms with Crippen LogP contribution in [0.3, 0.4) is 0 Å². The van der Waals surface area contributed by atoms with Crippen molar-refractivity contribution in [1.82, 2.24) is 5.32 Å². The molecule has 0 aliphatic rings. The van der Waals surface area contributed by atoms with E-state index in [0.29, 0.717) is 0 Å². The van der Waals surface area contributed by atoms with Crippen LogP contribution in [0, 0.1) is 0 Å². The number of aliphatic hydroxyl groups excluding tert-OH is 2. The molecule has 0 rings (SSSR count). The third kappa shape index (κ3) is 4.70. The molecule has 0 aromatic rings. The molecule has 0 aromatic carbocycles. The fourth-order valence-electron chi connectivity index (χ4n) is 0.876. The Kier molecular flexibility index (Phi) is 5.46. The minimum Gasteiger partial charge on any atom is -0.394 e. The lowest BCUT2D eigenvalue weighted by atomic mass is 10.0. The molecule has 0 bridgehead atoms. The maximum atomic E-state index is 9.03. The molecule has 0 saturated heterocycles. The van der Waals surface area contributed by atoms with Crippen LogP contribution in [0.4, 0.5) is 0 Å². The second-order valence-corrected chi connectivity index (χ2v) is 3.64. The van der Waals surface area contributed by atoms with Gasteiger partial charge in [-0.3, -0.25) is 0 Å². The number of hydrogen-bond donors (Lipinski definition) is 3. The van der Waals surface area contributed by atoms with Crippen molar-refractivity contribution in [3.8, 4) is 0 Å². The first-order chi connectivity index (χ1) is 5.54. The van der Waals surface area contributed by atoms with Gasteiger partial charge < -0.3 is 15.5 Å². The second kappa shape index (κ2) is 5.51. The van der Waals surface area contributed by atoms with Gasteiger partial charge in [-0.2, -0.15) is 0 Å². The van der Waals surface area contributed by atoms with Crippen molar-refractivity contribution >= 4 is 0 Å². The van der Waals surface area contributed by atoms with Crippen molar-refractivity contribution in [2.45, 2.75) is 45.3 Å². The highest BCUT2D eigenvalue weighted by molar-refractivity contribution is 4.80. The monoisotopic (exact) mass is 175 g/mol. The van der Waals surface area contributed by atoms with Crippen LogP contribution in [0.15, 0.2) is 0 Å². The predicted octanol–water partition coefficient (Wildman–Crippen LogP) is 0.508. The minimum atomic E-state index is -0.266. The largest absolute Gasteiger partial charge is 0.394 e. The van der Waals surface area contributed by atoms with Gasteiger partial charge in [0.25, 0.3) is 0 Å². The van der Waals surface area contributed by atoms with Crippen LogP contribution in [0.25, 0.3) is 0 Å². The summed E-state index contributed by atoms with van der Waals surface area (Å²) in [7, 11) is 0. The van der Waals surface area contributed by atoms with Crippen molar-refractivity contribution in [1.29, 1.82) is 0 Å². The van der Waals surface area contributed by atoms with Gasteiger partial charge in [-0.25, -0.2) is 0 Å². The Balaban J connectivity index is 3.58. The molecule has 74 valence electrons. The summed E-state index contributed by atoms with van der Waals surface area (Å²) < 4.78 is 0. The zero-order chi connectivity index (χ0) is 9.61. The van der Waals surface area contributed by atoms with Gasteiger partial charge in [0.05, 0.1) is 12.7 Å². The molecule has 3 heteroatoms. The predicted molar refractivity (Wildman–Crippen MR) is 50.1 cm³/mol. The lowest BCUT2D eigenvalue weighted by Gasteiger charge is -2.27.